The number of aliphatic hydroxyl groups excluding tert-OH is 7. The maximum Gasteiger partial charge on any atom is 0.338 e. The summed E-state index contributed by atoms with van der Waals surface area (Å²) in [6.07, 6.45) is -13.7. The van der Waals surface area contributed by atoms with Gasteiger partial charge >= 0.3 is 5.97 Å². The van der Waals surface area contributed by atoms with Gasteiger partial charge in [0.2, 0.25) is 5.79 Å². The lowest BCUT2D eigenvalue weighted by molar-refractivity contribution is -0.991. The van der Waals surface area contributed by atoms with Gasteiger partial charge in [0.15, 0.2) is 12.0 Å². The molecule has 34 heavy (non-hydrogen) atoms. The van der Waals surface area contributed by atoms with Gasteiger partial charge in [0.05, 0.1) is 12.2 Å². The standard InChI is InChI=1S/C19H27NO14/c21-5-10-13(24)16(27)19(7-22,33-10)34-18-15(26)14(25)12(23)11(32-18)6-31-17(28)8-1-3-9(4-2-8)20(29)30/h1-4,10-16,18,20-27,29H,5-7H2/t10-,11?,12+,13?,14?,15?,16?,18-,19-/m0/s1. The molecular weight excluding hydrogens is 466 g/mol. The first kappa shape index (κ1) is 26.8. The third-order valence-electron chi connectivity index (χ3n) is 5.64. The first-order chi connectivity index (χ1) is 16.0. The van der Waals surface area contributed by atoms with Crippen molar-refractivity contribution >= 4 is 11.7 Å². The highest BCUT2D eigenvalue weighted by Crippen LogP contribution is 2.36. The summed E-state index contributed by atoms with van der Waals surface area (Å²) in [6.45, 7) is -2.41. The van der Waals surface area contributed by atoms with E-state index in [1.807, 2.05) is 0 Å². The van der Waals surface area contributed by atoms with Crippen LogP contribution in [0, 0.1) is 5.21 Å². The molecule has 9 N–H and O–H groups in total. The summed E-state index contributed by atoms with van der Waals surface area (Å²) in [5.74, 6) is -3.24. The molecule has 10 atom stereocenters. The average Bonchev–Trinajstić information content (AvgIpc) is 3.08. The summed E-state index contributed by atoms with van der Waals surface area (Å²) >= 11 is 0. The van der Waals surface area contributed by atoms with E-state index in [1.165, 1.54) is 24.3 Å². The fourth-order valence-corrected chi connectivity index (χ4v) is 3.61. The van der Waals surface area contributed by atoms with Crippen LogP contribution in [0.25, 0.3) is 0 Å². The van der Waals surface area contributed by atoms with Crippen molar-refractivity contribution in [2.45, 2.75) is 54.8 Å². The molecule has 2 aliphatic rings. The number of rotatable bonds is 8. The molecule has 0 aliphatic carbocycles. The van der Waals surface area contributed by atoms with Gasteiger partial charge < -0.3 is 59.9 Å². The van der Waals surface area contributed by atoms with E-state index in [4.69, 9.17) is 24.2 Å². The average molecular weight is 493 g/mol. The Labute approximate surface area is 192 Å². The third kappa shape index (κ3) is 5.21. The minimum atomic E-state index is -2.34. The fourth-order valence-electron chi connectivity index (χ4n) is 3.61. The topological polar surface area (TPSA) is 243 Å². The van der Waals surface area contributed by atoms with Crippen molar-refractivity contribution in [3.05, 3.63) is 35.0 Å². The van der Waals surface area contributed by atoms with Gasteiger partial charge in [-0.05, 0) is 12.1 Å². The molecule has 0 aromatic heterocycles. The van der Waals surface area contributed by atoms with Crippen molar-refractivity contribution in [3.8, 4) is 0 Å². The number of ether oxygens (including phenoxy) is 4. The Morgan fingerprint density at radius 1 is 1.00 bits per heavy atom. The number of nitrogens with one attached hydrogen (secondary N) is 1. The summed E-state index contributed by atoms with van der Waals surface area (Å²) in [5, 5.41) is 88.4. The molecule has 0 amide bonds. The lowest BCUT2D eigenvalue weighted by atomic mass is 9.99. The predicted octanol–water partition coefficient (Wildman–Crippen LogP) is -5.13. The Bertz CT molecular complexity index is 824. The Hall–Kier alpha value is -1.83. The fraction of sp³-hybridized carbons (Fsp3) is 0.632. The highest BCUT2D eigenvalue weighted by molar-refractivity contribution is 5.89. The molecule has 6 unspecified atom stereocenters. The molecule has 1 aromatic carbocycles. The van der Waals surface area contributed by atoms with E-state index < -0.39 is 85.8 Å². The number of benzene rings is 1. The van der Waals surface area contributed by atoms with Gasteiger partial charge in [-0.1, -0.05) is 0 Å². The summed E-state index contributed by atoms with van der Waals surface area (Å²) in [4.78, 5) is 12.2. The summed E-state index contributed by atoms with van der Waals surface area (Å²) in [7, 11) is 0. The third-order valence-corrected chi connectivity index (χ3v) is 5.64. The number of aliphatic hydroxyl groups is 7. The minimum Gasteiger partial charge on any atom is -0.595 e. The Kier molecular flexibility index (Phi) is 8.53. The van der Waals surface area contributed by atoms with Crippen molar-refractivity contribution in [2.24, 2.45) is 0 Å². The zero-order valence-electron chi connectivity index (χ0n) is 17.6. The second-order valence-electron chi connectivity index (χ2n) is 7.86. The van der Waals surface area contributed by atoms with Crippen molar-refractivity contribution in [2.75, 3.05) is 19.8 Å². The van der Waals surface area contributed by atoms with Crippen LogP contribution >= 0.6 is 0 Å². The molecule has 2 fully saturated rings. The summed E-state index contributed by atoms with van der Waals surface area (Å²) in [6, 6.07) is 4.79. The van der Waals surface area contributed by atoms with Gasteiger partial charge in [0.25, 0.3) is 0 Å². The monoisotopic (exact) mass is 493 g/mol. The number of hydrogen-bond acceptors (Lipinski definition) is 14. The molecule has 15 heteroatoms. The molecular formula is C19H27NO14. The number of carbonyl (C=O) groups is 1. The van der Waals surface area contributed by atoms with Crippen LogP contribution in [0.15, 0.2) is 24.3 Å². The van der Waals surface area contributed by atoms with Gasteiger partial charge in [-0.2, -0.15) is 5.23 Å². The van der Waals surface area contributed by atoms with Gasteiger partial charge in [-0.25, -0.2) is 10.0 Å². The van der Waals surface area contributed by atoms with Gasteiger partial charge in [0.1, 0.15) is 55.9 Å². The molecule has 0 radical (unpaired) electrons. The van der Waals surface area contributed by atoms with Crippen molar-refractivity contribution in [1.29, 1.82) is 0 Å². The molecule has 15 nitrogen and oxygen atoms in total. The second-order valence-corrected chi connectivity index (χ2v) is 7.86. The zero-order valence-corrected chi connectivity index (χ0v) is 17.6. The van der Waals surface area contributed by atoms with Crippen LogP contribution in [-0.2, 0) is 18.9 Å². The quantitative estimate of drug-likeness (QED) is 0.121. The van der Waals surface area contributed by atoms with Crippen LogP contribution in [0.4, 0.5) is 5.69 Å². The molecule has 0 bridgehead atoms. The van der Waals surface area contributed by atoms with Crippen LogP contribution in [0.5, 0.6) is 0 Å². The number of hydrogen-bond donors (Lipinski definition) is 9. The number of esters is 1. The van der Waals surface area contributed by atoms with Crippen LogP contribution in [0.2, 0.25) is 0 Å². The van der Waals surface area contributed by atoms with Crippen molar-refractivity contribution in [3.63, 3.8) is 0 Å². The molecule has 2 saturated heterocycles. The van der Waals surface area contributed by atoms with Crippen LogP contribution in [-0.4, -0.2) is 122 Å². The molecule has 0 saturated carbocycles. The highest BCUT2D eigenvalue weighted by Gasteiger charge is 2.58. The first-order valence-electron chi connectivity index (χ1n) is 10.2. The molecule has 0 spiro atoms. The van der Waals surface area contributed by atoms with Gasteiger partial charge in [-0.3, -0.25) is 0 Å². The van der Waals surface area contributed by atoms with E-state index in [9.17, 15) is 45.7 Å². The molecule has 2 heterocycles. The predicted molar refractivity (Wildman–Crippen MR) is 104 cm³/mol. The highest BCUT2D eigenvalue weighted by atomic mass is 16.8. The maximum absolute atomic E-state index is 12.2. The van der Waals surface area contributed by atoms with Gasteiger partial charge in [-0.15, -0.1) is 0 Å². The minimum absolute atomic E-state index is 0.00516. The van der Waals surface area contributed by atoms with E-state index in [-0.39, 0.29) is 11.3 Å². The lowest BCUT2D eigenvalue weighted by Crippen LogP contribution is -2.99. The summed E-state index contributed by atoms with van der Waals surface area (Å²) in [5.41, 5.74) is -0.0585. The normalized spacial score (nSPS) is 39.1. The van der Waals surface area contributed by atoms with Crippen molar-refractivity contribution in [1.82, 2.24) is 0 Å². The van der Waals surface area contributed by atoms with E-state index >= 15 is 0 Å². The van der Waals surface area contributed by atoms with Crippen molar-refractivity contribution < 1.29 is 69.9 Å². The SMILES string of the molecule is O=C(OCC1O[C@@H](O[C@]2(CO)O[C@@H](CO)C(O)C2O)C(O)C(O)[C@@H]1O)c1ccc([NH+]([O-])O)cc1. The molecule has 192 valence electrons. The largest absolute Gasteiger partial charge is 0.595 e. The van der Waals surface area contributed by atoms with Crippen LogP contribution in [0.1, 0.15) is 10.4 Å². The molecule has 2 aliphatic heterocycles. The first-order valence-corrected chi connectivity index (χ1v) is 10.2. The van der Waals surface area contributed by atoms with Crippen LogP contribution in [0.3, 0.4) is 0 Å². The lowest BCUT2D eigenvalue weighted by Gasteiger charge is -2.43. The Morgan fingerprint density at radius 3 is 2.18 bits per heavy atom. The maximum atomic E-state index is 12.2. The molecule has 1 aromatic rings. The number of carbonyl (C=O) groups excluding carboxylic acids is 1. The van der Waals surface area contributed by atoms with E-state index in [0.29, 0.717) is 0 Å². The Balaban J connectivity index is 1.68. The van der Waals surface area contributed by atoms with Crippen LogP contribution < -0.4 is 5.23 Å². The van der Waals surface area contributed by atoms with E-state index in [2.05, 4.69) is 0 Å². The van der Waals surface area contributed by atoms with Gasteiger partial charge in [0, 0.05) is 12.1 Å². The molecule has 3 rings (SSSR count). The van der Waals surface area contributed by atoms with E-state index in [0.717, 1.165) is 0 Å². The second kappa shape index (κ2) is 10.8. The zero-order chi connectivity index (χ0) is 25.2. The number of quaternary nitrogens is 1. The Morgan fingerprint density at radius 2 is 1.65 bits per heavy atom. The van der Waals surface area contributed by atoms with E-state index in [1.54, 1.807) is 0 Å². The summed E-state index contributed by atoms with van der Waals surface area (Å²) < 4.78 is 21.0. The smallest absolute Gasteiger partial charge is 0.338 e.